The second kappa shape index (κ2) is 9.66. The Labute approximate surface area is 206 Å². The fraction of sp³-hybridized carbons (Fsp3) is 0.292. The zero-order valence-corrected chi connectivity index (χ0v) is 19.2. The molecule has 1 fully saturated rings. The van der Waals surface area contributed by atoms with E-state index in [1.807, 2.05) is 12.1 Å². The number of rotatable bonds is 6. The van der Waals surface area contributed by atoms with E-state index in [9.17, 15) is 14.4 Å². The molecule has 0 saturated carbocycles. The second-order valence-electron chi connectivity index (χ2n) is 8.50. The first-order valence-corrected chi connectivity index (χ1v) is 11.0. The maximum Gasteiger partial charge on any atom is 0.264 e. The number of nitrogens with zero attached hydrogens (tertiary/aromatic N) is 1. The van der Waals surface area contributed by atoms with Gasteiger partial charge in [-0.25, -0.2) is 0 Å². The van der Waals surface area contributed by atoms with E-state index >= 15 is 0 Å². The highest BCUT2D eigenvalue weighted by Crippen LogP contribution is 2.33. The maximum absolute atomic E-state index is 13.0. The van der Waals surface area contributed by atoms with Crippen molar-refractivity contribution in [3.8, 4) is 16.9 Å². The number of aromatic amines is 1. The zero-order valence-electron chi connectivity index (χ0n) is 19.2. The van der Waals surface area contributed by atoms with Gasteiger partial charge >= 0.3 is 0 Å². The largest absolute Gasteiger partial charge is 0.481 e. The first-order chi connectivity index (χ1) is 16.6. The summed E-state index contributed by atoms with van der Waals surface area (Å²) in [5, 5.41) is -0.619. The molecule has 4 rings (SSSR count). The van der Waals surface area contributed by atoms with Gasteiger partial charge in [-0.15, -0.1) is 5.11 Å². The number of pyridine rings is 1. The number of carbonyl (C=O) groups excluding carboxylic acids is 2. The summed E-state index contributed by atoms with van der Waals surface area (Å²) < 4.78 is 11.1. The molecule has 2 amide bonds. The van der Waals surface area contributed by atoms with E-state index in [0.717, 1.165) is 0 Å². The van der Waals surface area contributed by atoms with Crippen molar-refractivity contribution in [1.82, 2.24) is 9.88 Å². The van der Waals surface area contributed by atoms with Crippen molar-refractivity contribution in [1.29, 1.82) is 0 Å². The summed E-state index contributed by atoms with van der Waals surface area (Å²) in [6, 6.07) is 11.2. The Morgan fingerprint density at radius 2 is 1.91 bits per heavy atom. The summed E-state index contributed by atoms with van der Waals surface area (Å²) in [6.45, 7) is 2.14. The number of benzene rings is 2. The van der Waals surface area contributed by atoms with Crippen LogP contribution in [-0.2, 0) is 19.4 Å². The standard InChI is InChI=1S/C24H22B3N3O5/c1-13(23(33)30-8-9-34-12-20(30)21(28)31)35-14-6-7-15-17(10-14)22(32)29-11-18(15)16-4-2-3-5-19(16)24(25,26)27/h2-7,10-11,13,20H,8-9,12H2,1H3,(H2,28,31)(H,29,32)/t13?,20-/m0/s1. The third kappa shape index (κ3) is 5.00. The van der Waals surface area contributed by atoms with E-state index in [-0.39, 0.29) is 18.7 Å². The molecule has 2 heterocycles. The lowest BCUT2D eigenvalue weighted by Crippen LogP contribution is -2.57. The number of fused-ring (bicyclic) bond motifs is 1. The Kier molecular flexibility index (Phi) is 6.80. The van der Waals surface area contributed by atoms with Gasteiger partial charge in [-0.2, -0.15) is 0 Å². The van der Waals surface area contributed by atoms with Crippen LogP contribution < -0.4 is 16.0 Å². The van der Waals surface area contributed by atoms with Gasteiger partial charge in [-0.1, -0.05) is 29.8 Å². The molecular weight excluding hydrogens is 443 g/mol. The van der Waals surface area contributed by atoms with Gasteiger partial charge in [0.15, 0.2) is 6.10 Å². The number of primary amides is 1. The number of H-pyrrole nitrogens is 1. The molecule has 35 heavy (non-hydrogen) atoms. The number of nitrogens with two attached hydrogens (primary N) is 1. The highest BCUT2D eigenvalue weighted by Gasteiger charge is 2.34. The van der Waals surface area contributed by atoms with E-state index in [4.69, 9.17) is 38.7 Å². The fourth-order valence-corrected chi connectivity index (χ4v) is 4.22. The molecule has 0 aliphatic carbocycles. The molecule has 1 aliphatic heterocycles. The quantitative estimate of drug-likeness (QED) is 0.509. The number of ether oxygens (including phenoxy) is 2. The van der Waals surface area contributed by atoms with Gasteiger partial charge in [-0.3, -0.25) is 14.4 Å². The molecule has 1 aromatic heterocycles. The van der Waals surface area contributed by atoms with Crippen LogP contribution >= 0.6 is 0 Å². The highest BCUT2D eigenvalue weighted by atomic mass is 16.5. The van der Waals surface area contributed by atoms with Crippen LogP contribution in [0.4, 0.5) is 0 Å². The Hall–Kier alpha value is -3.46. The minimum atomic E-state index is -1.58. The van der Waals surface area contributed by atoms with Crippen LogP contribution in [0.5, 0.6) is 5.75 Å². The Balaban J connectivity index is 1.66. The van der Waals surface area contributed by atoms with Gasteiger partial charge in [0.25, 0.3) is 11.5 Å². The molecule has 2 atom stereocenters. The van der Waals surface area contributed by atoms with Gasteiger partial charge in [0.1, 0.15) is 11.8 Å². The zero-order chi connectivity index (χ0) is 25.3. The molecule has 172 valence electrons. The van der Waals surface area contributed by atoms with Gasteiger partial charge in [-0.05, 0) is 36.1 Å². The van der Waals surface area contributed by atoms with Gasteiger partial charge in [0, 0.05) is 18.3 Å². The molecule has 2 aromatic carbocycles. The first-order valence-electron chi connectivity index (χ1n) is 11.0. The van der Waals surface area contributed by atoms with Crippen molar-refractivity contribution in [2.75, 3.05) is 19.8 Å². The average Bonchev–Trinajstić information content (AvgIpc) is 2.83. The number of hydrogen-bond acceptors (Lipinski definition) is 5. The van der Waals surface area contributed by atoms with E-state index in [2.05, 4.69) is 4.98 Å². The molecule has 0 bridgehead atoms. The van der Waals surface area contributed by atoms with Crippen molar-refractivity contribution in [2.24, 2.45) is 5.73 Å². The van der Waals surface area contributed by atoms with Gasteiger partial charge < -0.3 is 25.1 Å². The highest BCUT2D eigenvalue weighted by molar-refractivity contribution is 6.59. The predicted molar refractivity (Wildman–Crippen MR) is 135 cm³/mol. The van der Waals surface area contributed by atoms with Crippen LogP contribution in [0.25, 0.3) is 21.9 Å². The third-order valence-corrected chi connectivity index (χ3v) is 5.96. The van der Waals surface area contributed by atoms with Gasteiger partial charge in [0.05, 0.1) is 42.1 Å². The molecule has 3 N–H and O–H groups in total. The average molecular weight is 465 g/mol. The topological polar surface area (TPSA) is 115 Å². The fourth-order valence-electron chi connectivity index (χ4n) is 4.22. The third-order valence-electron chi connectivity index (χ3n) is 5.96. The molecule has 1 saturated heterocycles. The van der Waals surface area contributed by atoms with E-state index in [0.29, 0.717) is 39.8 Å². The Morgan fingerprint density at radius 3 is 2.63 bits per heavy atom. The summed E-state index contributed by atoms with van der Waals surface area (Å²) in [6.07, 6.45) is 0.646. The number of carbonyl (C=O) groups is 2. The maximum atomic E-state index is 13.0. The molecule has 1 unspecified atom stereocenters. The Bertz CT molecular complexity index is 1340. The SMILES string of the molecule is [B]C([B])([B])c1ccccc1-c1c[nH]c(=O)c2cc(OC(C)C(=O)N3CCOC[C@H]3C(N)=O)ccc12. The van der Waals surface area contributed by atoms with Crippen LogP contribution in [0, 0.1) is 0 Å². The molecular formula is C24H22B3N3O5. The van der Waals surface area contributed by atoms with Crippen molar-refractivity contribution in [3.63, 3.8) is 0 Å². The number of hydrogen-bond donors (Lipinski definition) is 2. The van der Waals surface area contributed by atoms with Crippen molar-refractivity contribution in [3.05, 3.63) is 64.6 Å². The van der Waals surface area contributed by atoms with Crippen LogP contribution in [0.3, 0.4) is 0 Å². The van der Waals surface area contributed by atoms with Gasteiger partial charge in [0.2, 0.25) is 5.91 Å². The summed E-state index contributed by atoms with van der Waals surface area (Å²) in [7, 11) is 17.9. The minimum absolute atomic E-state index is 0.0408. The van der Waals surface area contributed by atoms with E-state index in [1.54, 1.807) is 43.5 Å². The number of morpholine rings is 1. The first kappa shape index (κ1) is 24.7. The predicted octanol–water partition coefficient (Wildman–Crippen LogP) is 0.291. The summed E-state index contributed by atoms with van der Waals surface area (Å²) in [5.41, 5.74) is 6.92. The van der Waals surface area contributed by atoms with Crippen molar-refractivity contribution < 1.29 is 19.1 Å². The lowest BCUT2D eigenvalue weighted by atomic mass is 9.39. The van der Waals surface area contributed by atoms with Crippen molar-refractivity contribution >= 4 is 46.1 Å². The van der Waals surface area contributed by atoms with E-state index < -0.39 is 29.1 Å². The molecule has 6 radical (unpaired) electrons. The molecule has 3 aromatic rings. The number of aromatic nitrogens is 1. The van der Waals surface area contributed by atoms with E-state index in [1.165, 1.54) is 4.90 Å². The van der Waals surface area contributed by atoms with Crippen LogP contribution in [0.2, 0.25) is 0 Å². The van der Waals surface area contributed by atoms with Crippen LogP contribution in [-0.4, -0.2) is 77.1 Å². The number of nitrogens with one attached hydrogen (secondary N) is 1. The molecule has 1 aliphatic rings. The lowest BCUT2D eigenvalue weighted by molar-refractivity contribution is -0.152. The van der Waals surface area contributed by atoms with Crippen molar-refractivity contribution in [2.45, 2.75) is 24.2 Å². The molecule has 11 heteroatoms. The Morgan fingerprint density at radius 1 is 1.17 bits per heavy atom. The molecule has 8 nitrogen and oxygen atoms in total. The minimum Gasteiger partial charge on any atom is -0.481 e. The smallest absolute Gasteiger partial charge is 0.264 e. The molecule has 0 spiro atoms. The summed E-state index contributed by atoms with van der Waals surface area (Å²) in [5.74, 6) is -0.741. The lowest BCUT2D eigenvalue weighted by Gasteiger charge is -2.35. The van der Waals surface area contributed by atoms with Crippen LogP contribution in [0.15, 0.2) is 53.5 Å². The summed E-state index contributed by atoms with van der Waals surface area (Å²) in [4.78, 5) is 41.4. The summed E-state index contributed by atoms with van der Waals surface area (Å²) >= 11 is 0. The van der Waals surface area contributed by atoms with Crippen LogP contribution in [0.1, 0.15) is 12.5 Å². The normalized spacial score (nSPS) is 17.2. The monoisotopic (exact) mass is 465 g/mol. The number of amides is 2. The second-order valence-corrected chi connectivity index (χ2v) is 8.50.